The van der Waals surface area contributed by atoms with E-state index in [1.807, 2.05) is 0 Å². The summed E-state index contributed by atoms with van der Waals surface area (Å²) in [6.07, 6.45) is 2.26. The molecule has 52 valence electrons. The lowest BCUT2D eigenvalue weighted by Crippen LogP contribution is -2.20. The van der Waals surface area contributed by atoms with Crippen molar-refractivity contribution in [3.8, 4) is 0 Å². The van der Waals surface area contributed by atoms with Crippen LogP contribution in [0.15, 0.2) is 0 Å². The number of nitrogens with one attached hydrogen (secondary N) is 1. The van der Waals surface area contributed by atoms with E-state index < -0.39 is 0 Å². The Morgan fingerprint density at radius 1 is 1.78 bits per heavy atom. The predicted molar refractivity (Wildman–Crippen MR) is 36.0 cm³/mol. The van der Waals surface area contributed by atoms with Gasteiger partial charge in [0.1, 0.15) is 0 Å². The molecule has 1 N–H and O–H groups in total. The van der Waals surface area contributed by atoms with Gasteiger partial charge in [-0.05, 0) is 12.3 Å². The molecular weight excluding hydrogens is 114 g/mol. The first-order valence-corrected chi connectivity index (χ1v) is 3.51. The van der Waals surface area contributed by atoms with Crippen molar-refractivity contribution in [1.29, 1.82) is 0 Å². The van der Waals surface area contributed by atoms with Gasteiger partial charge in [0.15, 0.2) is 0 Å². The first-order chi connectivity index (χ1) is 4.29. The van der Waals surface area contributed by atoms with Crippen molar-refractivity contribution in [2.75, 3.05) is 7.05 Å². The fraction of sp³-hybridized carbons (Fsp3) is 0.857. The van der Waals surface area contributed by atoms with Gasteiger partial charge in [0.2, 0.25) is 5.91 Å². The van der Waals surface area contributed by atoms with Gasteiger partial charge in [-0.1, -0.05) is 13.3 Å². The number of amides is 1. The minimum atomic E-state index is 0.224. The number of carbonyl (C=O) groups is 1. The zero-order valence-corrected chi connectivity index (χ0v) is 5.98. The molecule has 1 saturated carbocycles. The molecule has 0 heterocycles. The van der Waals surface area contributed by atoms with Crippen LogP contribution in [0.3, 0.4) is 0 Å². The Bertz CT molecular complexity index is 122. The molecule has 1 fully saturated rings. The molecule has 9 heavy (non-hydrogen) atoms. The van der Waals surface area contributed by atoms with Crippen LogP contribution in [-0.4, -0.2) is 13.0 Å². The molecule has 1 amide bonds. The lowest BCUT2D eigenvalue weighted by molar-refractivity contribution is -0.122. The summed E-state index contributed by atoms with van der Waals surface area (Å²) in [6, 6.07) is 0. The molecule has 2 nitrogen and oxygen atoms in total. The lowest BCUT2D eigenvalue weighted by atomic mass is 10.2. The molecule has 1 unspecified atom stereocenters. The van der Waals surface area contributed by atoms with Gasteiger partial charge in [0.05, 0.1) is 0 Å². The van der Waals surface area contributed by atoms with Gasteiger partial charge in [-0.2, -0.15) is 0 Å². The Hall–Kier alpha value is -0.530. The summed E-state index contributed by atoms with van der Waals surface area (Å²) in [5, 5.41) is 2.65. The largest absolute Gasteiger partial charge is 0.359 e. The molecule has 0 radical (unpaired) electrons. The van der Waals surface area contributed by atoms with E-state index in [-0.39, 0.29) is 5.91 Å². The summed E-state index contributed by atoms with van der Waals surface area (Å²) < 4.78 is 0. The van der Waals surface area contributed by atoms with Crippen LogP contribution in [0.1, 0.15) is 19.8 Å². The average molecular weight is 127 g/mol. The van der Waals surface area contributed by atoms with Crippen molar-refractivity contribution < 1.29 is 4.79 Å². The zero-order valence-electron chi connectivity index (χ0n) is 5.98. The zero-order chi connectivity index (χ0) is 6.85. The van der Waals surface area contributed by atoms with E-state index in [9.17, 15) is 4.79 Å². The Labute approximate surface area is 55.6 Å². The normalized spacial score (nSPS) is 31.8. The molecule has 0 aromatic heterocycles. The number of carbonyl (C=O) groups excluding carboxylic acids is 1. The highest BCUT2D eigenvalue weighted by Gasteiger charge is 2.40. The van der Waals surface area contributed by atoms with Crippen molar-refractivity contribution in [1.82, 2.24) is 5.32 Å². The maximum atomic E-state index is 10.8. The predicted octanol–water partition coefficient (Wildman–Crippen LogP) is 0.778. The van der Waals surface area contributed by atoms with Crippen molar-refractivity contribution >= 4 is 5.91 Å². The number of hydrogen-bond acceptors (Lipinski definition) is 1. The molecular formula is C7H13NO. The highest BCUT2D eigenvalue weighted by Crippen LogP contribution is 2.40. The average Bonchev–Trinajstić information content (AvgIpc) is 2.64. The van der Waals surface area contributed by atoms with Crippen molar-refractivity contribution in [2.24, 2.45) is 11.8 Å². The van der Waals surface area contributed by atoms with E-state index in [1.165, 1.54) is 0 Å². The van der Waals surface area contributed by atoms with Crippen LogP contribution >= 0.6 is 0 Å². The Balaban J connectivity index is 2.25. The molecule has 0 aliphatic heterocycles. The van der Waals surface area contributed by atoms with Crippen molar-refractivity contribution in [3.63, 3.8) is 0 Å². The van der Waals surface area contributed by atoms with Crippen LogP contribution in [0.25, 0.3) is 0 Å². The monoisotopic (exact) mass is 127 g/mol. The number of rotatable bonds is 2. The Morgan fingerprint density at radius 3 is 2.78 bits per heavy atom. The SMILES string of the molecule is CCC1C[C@@H]1C(=O)NC. The second-order valence-electron chi connectivity index (χ2n) is 2.62. The molecule has 1 aliphatic rings. The second kappa shape index (κ2) is 2.38. The Kier molecular flexibility index (Phi) is 1.74. The maximum Gasteiger partial charge on any atom is 0.223 e. The summed E-state index contributed by atoms with van der Waals surface area (Å²) in [4.78, 5) is 10.8. The molecule has 1 rings (SSSR count). The smallest absolute Gasteiger partial charge is 0.223 e. The van der Waals surface area contributed by atoms with Crippen LogP contribution in [0, 0.1) is 11.8 Å². The van der Waals surface area contributed by atoms with Gasteiger partial charge in [-0.15, -0.1) is 0 Å². The van der Waals surface area contributed by atoms with Crippen molar-refractivity contribution in [3.05, 3.63) is 0 Å². The topological polar surface area (TPSA) is 29.1 Å². The molecule has 0 spiro atoms. The van der Waals surface area contributed by atoms with E-state index in [4.69, 9.17) is 0 Å². The quantitative estimate of drug-likeness (QED) is 0.583. The maximum absolute atomic E-state index is 10.8. The summed E-state index contributed by atoms with van der Waals surface area (Å²) in [5.74, 6) is 1.26. The summed E-state index contributed by atoms with van der Waals surface area (Å²) in [6.45, 7) is 2.13. The second-order valence-corrected chi connectivity index (χ2v) is 2.62. The van der Waals surface area contributed by atoms with E-state index in [2.05, 4.69) is 12.2 Å². The molecule has 0 aromatic rings. The minimum Gasteiger partial charge on any atom is -0.359 e. The summed E-state index contributed by atoms with van der Waals surface area (Å²) >= 11 is 0. The first-order valence-electron chi connectivity index (χ1n) is 3.51. The van der Waals surface area contributed by atoms with E-state index in [1.54, 1.807) is 7.05 Å². The van der Waals surface area contributed by atoms with Gasteiger partial charge in [-0.25, -0.2) is 0 Å². The summed E-state index contributed by atoms with van der Waals surface area (Å²) in [7, 11) is 1.70. The van der Waals surface area contributed by atoms with Gasteiger partial charge in [0, 0.05) is 13.0 Å². The highest BCUT2D eigenvalue weighted by molar-refractivity contribution is 5.81. The first kappa shape index (κ1) is 6.59. The van der Waals surface area contributed by atoms with Crippen molar-refractivity contribution in [2.45, 2.75) is 19.8 Å². The van der Waals surface area contributed by atoms with Gasteiger partial charge in [0.25, 0.3) is 0 Å². The van der Waals surface area contributed by atoms with Gasteiger partial charge < -0.3 is 5.32 Å². The fourth-order valence-electron chi connectivity index (χ4n) is 1.21. The van der Waals surface area contributed by atoms with Crippen LogP contribution in [-0.2, 0) is 4.79 Å². The van der Waals surface area contributed by atoms with Crippen LogP contribution < -0.4 is 5.32 Å². The molecule has 0 bridgehead atoms. The van der Waals surface area contributed by atoms with Gasteiger partial charge in [-0.3, -0.25) is 4.79 Å². The molecule has 0 saturated heterocycles. The van der Waals surface area contributed by atoms with E-state index in [0.29, 0.717) is 11.8 Å². The summed E-state index contributed by atoms with van der Waals surface area (Å²) in [5.41, 5.74) is 0. The Morgan fingerprint density at radius 2 is 2.44 bits per heavy atom. The van der Waals surface area contributed by atoms with E-state index >= 15 is 0 Å². The van der Waals surface area contributed by atoms with Crippen LogP contribution in [0.2, 0.25) is 0 Å². The molecule has 2 atom stereocenters. The van der Waals surface area contributed by atoms with Gasteiger partial charge >= 0.3 is 0 Å². The third-order valence-electron chi connectivity index (χ3n) is 2.03. The standard InChI is InChI=1S/C7H13NO/c1-3-5-4-6(5)7(9)8-2/h5-6H,3-4H2,1-2H3,(H,8,9)/t5?,6-/m0/s1. The van der Waals surface area contributed by atoms with E-state index in [0.717, 1.165) is 12.8 Å². The molecule has 0 aromatic carbocycles. The minimum absolute atomic E-state index is 0.224. The van der Waals surface area contributed by atoms with Crippen LogP contribution in [0.4, 0.5) is 0 Å². The third-order valence-corrected chi connectivity index (χ3v) is 2.03. The third kappa shape index (κ3) is 1.23. The molecule has 1 aliphatic carbocycles. The lowest BCUT2D eigenvalue weighted by Gasteiger charge is -1.93. The fourth-order valence-corrected chi connectivity index (χ4v) is 1.21. The molecule has 2 heteroatoms. The highest BCUT2D eigenvalue weighted by atomic mass is 16.1. The van der Waals surface area contributed by atoms with Crippen LogP contribution in [0.5, 0.6) is 0 Å². The number of hydrogen-bond donors (Lipinski definition) is 1.